The molecule has 0 aliphatic rings. The maximum atomic E-state index is 12.5. The molecule has 2 nitrogen and oxygen atoms in total. The molecule has 0 saturated carbocycles. The Kier molecular flexibility index (Phi) is 3.61. The van der Waals surface area contributed by atoms with Gasteiger partial charge < -0.3 is 0 Å². The second-order valence-corrected chi connectivity index (χ2v) is 5.55. The number of ketones is 1. The molecule has 2 aromatic carbocycles. The minimum Gasteiger partial charge on any atom is -0.294 e. The normalized spacial score (nSPS) is 10.7. The van der Waals surface area contributed by atoms with E-state index in [2.05, 4.69) is 20.9 Å². The number of fused-ring (bicyclic) bond motifs is 1. The molecule has 3 aromatic rings. The molecule has 0 N–H and O–H groups in total. The lowest BCUT2D eigenvalue weighted by Crippen LogP contribution is -2.04. The zero-order valence-corrected chi connectivity index (χ0v) is 12.3. The van der Waals surface area contributed by atoms with Crippen molar-refractivity contribution >= 4 is 32.5 Å². The molecular formula is C17H12BrNO. The molecule has 0 bridgehead atoms. The number of pyridine rings is 1. The number of hydrogen-bond donors (Lipinski definition) is 0. The van der Waals surface area contributed by atoms with Gasteiger partial charge in [0.1, 0.15) is 0 Å². The van der Waals surface area contributed by atoms with Gasteiger partial charge in [-0.3, -0.25) is 9.78 Å². The average Bonchev–Trinajstić information content (AvgIpc) is 2.46. The number of carbonyl (C=O) groups excluding carboxylic acids is 1. The van der Waals surface area contributed by atoms with Crippen LogP contribution in [-0.2, 0) is 6.42 Å². The van der Waals surface area contributed by atoms with E-state index in [1.165, 1.54) is 0 Å². The van der Waals surface area contributed by atoms with Crippen LogP contribution in [0.15, 0.2) is 65.4 Å². The molecule has 0 amide bonds. The Morgan fingerprint density at radius 3 is 2.70 bits per heavy atom. The van der Waals surface area contributed by atoms with Gasteiger partial charge in [0, 0.05) is 28.9 Å². The van der Waals surface area contributed by atoms with Gasteiger partial charge in [0.05, 0.1) is 0 Å². The summed E-state index contributed by atoms with van der Waals surface area (Å²) in [6.45, 7) is 0. The molecule has 0 aliphatic carbocycles. The molecule has 0 aliphatic heterocycles. The SMILES string of the molecule is O=C(Cc1cncc(Br)c1)c1cccc2ccccc12. The molecule has 3 heteroatoms. The van der Waals surface area contributed by atoms with E-state index >= 15 is 0 Å². The number of carbonyl (C=O) groups is 1. The third kappa shape index (κ3) is 2.63. The molecule has 1 aromatic heterocycles. The van der Waals surface area contributed by atoms with Crippen LogP contribution in [0.3, 0.4) is 0 Å². The number of aromatic nitrogens is 1. The quantitative estimate of drug-likeness (QED) is 0.667. The highest BCUT2D eigenvalue weighted by molar-refractivity contribution is 9.10. The lowest BCUT2D eigenvalue weighted by molar-refractivity contribution is 0.0994. The van der Waals surface area contributed by atoms with Gasteiger partial charge in [-0.05, 0) is 38.3 Å². The second kappa shape index (κ2) is 5.55. The largest absolute Gasteiger partial charge is 0.294 e. The smallest absolute Gasteiger partial charge is 0.167 e. The van der Waals surface area contributed by atoms with Crippen molar-refractivity contribution in [3.8, 4) is 0 Å². The molecule has 3 rings (SSSR count). The molecular weight excluding hydrogens is 314 g/mol. The standard InChI is InChI=1S/C17H12BrNO/c18-14-8-12(10-19-11-14)9-17(20)16-7-3-5-13-4-1-2-6-15(13)16/h1-8,10-11H,9H2. The highest BCUT2D eigenvalue weighted by Gasteiger charge is 2.10. The third-order valence-corrected chi connectivity index (χ3v) is 3.65. The number of nitrogens with zero attached hydrogens (tertiary/aromatic N) is 1. The fraction of sp³-hybridized carbons (Fsp3) is 0.0588. The zero-order chi connectivity index (χ0) is 13.9. The Bertz CT molecular complexity index is 777. The van der Waals surface area contributed by atoms with Gasteiger partial charge in [-0.25, -0.2) is 0 Å². The number of benzene rings is 2. The maximum absolute atomic E-state index is 12.5. The Labute approximate surface area is 125 Å². The van der Waals surface area contributed by atoms with Crippen molar-refractivity contribution in [2.24, 2.45) is 0 Å². The van der Waals surface area contributed by atoms with Crippen LogP contribution in [0, 0.1) is 0 Å². The van der Waals surface area contributed by atoms with Crippen molar-refractivity contribution in [1.82, 2.24) is 4.98 Å². The fourth-order valence-electron chi connectivity index (χ4n) is 2.30. The van der Waals surface area contributed by atoms with Gasteiger partial charge in [-0.2, -0.15) is 0 Å². The topological polar surface area (TPSA) is 30.0 Å². The molecule has 98 valence electrons. The molecule has 0 saturated heterocycles. The van der Waals surface area contributed by atoms with Crippen LogP contribution >= 0.6 is 15.9 Å². The van der Waals surface area contributed by atoms with E-state index in [0.717, 1.165) is 26.4 Å². The highest BCUT2D eigenvalue weighted by atomic mass is 79.9. The zero-order valence-electron chi connectivity index (χ0n) is 10.7. The molecule has 0 radical (unpaired) electrons. The van der Waals surface area contributed by atoms with Gasteiger partial charge >= 0.3 is 0 Å². The van der Waals surface area contributed by atoms with Crippen LogP contribution in [0.4, 0.5) is 0 Å². The fourth-order valence-corrected chi connectivity index (χ4v) is 2.71. The molecule has 0 fully saturated rings. The summed E-state index contributed by atoms with van der Waals surface area (Å²) >= 11 is 3.37. The second-order valence-electron chi connectivity index (χ2n) is 4.64. The minimum absolute atomic E-state index is 0.113. The van der Waals surface area contributed by atoms with Crippen LogP contribution in [-0.4, -0.2) is 10.8 Å². The monoisotopic (exact) mass is 325 g/mol. The van der Waals surface area contributed by atoms with E-state index in [1.54, 1.807) is 12.4 Å². The van der Waals surface area contributed by atoms with Crippen LogP contribution in [0.5, 0.6) is 0 Å². The first kappa shape index (κ1) is 13.0. The summed E-state index contributed by atoms with van der Waals surface area (Å²) in [6, 6.07) is 15.7. The third-order valence-electron chi connectivity index (χ3n) is 3.22. The lowest BCUT2D eigenvalue weighted by Gasteiger charge is -2.06. The Morgan fingerprint density at radius 1 is 1.05 bits per heavy atom. The van der Waals surface area contributed by atoms with Crippen molar-refractivity contribution in [3.05, 3.63) is 76.5 Å². The summed E-state index contributed by atoms with van der Waals surface area (Å²) in [5.74, 6) is 0.113. The first-order chi connectivity index (χ1) is 9.74. The highest BCUT2D eigenvalue weighted by Crippen LogP contribution is 2.20. The summed E-state index contributed by atoms with van der Waals surface area (Å²) in [7, 11) is 0. The van der Waals surface area contributed by atoms with Gasteiger partial charge in [-0.1, -0.05) is 42.5 Å². The minimum atomic E-state index is 0.113. The lowest BCUT2D eigenvalue weighted by atomic mass is 9.98. The van der Waals surface area contributed by atoms with Crippen LogP contribution in [0.2, 0.25) is 0 Å². The van der Waals surface area contributed by atoms with E-state index in [1.807, 2.05) is 48.5 Å². The van der Waals surface area contributed by atoms with Crippen molar-refractivity contribution in [1.29, 1.82) is 0 Å². The Balaban J connectivity index is 1.97. The Hall–Kier alpha value is -2.00. The summed E-state index contributed by atoms with van der Waals surface area (Å²) in [4.78, 5) is 16.6. The number of rotatable bonds is 3. The van der Waals surface area contributed by atoms with Crippen LogP contribution in [0.25, 0.3) is 10.8 Å². The van der Waals surface area contributed by atoms with E-state index < -0.39 is 0 Å². The van der Waals surface area contributed by atoms with E-state index in [4.69, 9.17) is 0 Å². The summed E-state index contributed by atoms with van der Waals surface area (Å²) in [6.07, 6.45) is 3.81. The summed E-state index contributed by atoms with van der Waals surface area (Å²) in [5, 5.41) is 2.09. The molecule has 0 unspecified atom stereocenters. The van der Waals surface area contributed by atoms with Crippen LogP contribution < -0.4 is 0 Å². The molecule has 1 heterocycles. The van der Waals surface area contributed by atoms with Gasteiger partial charge in [0.2, 0.25) is 0 Å². The van der Waals surface area contributed by atoms with Crippen molar-refractivity contribution in [2.45, 2.75) is 6.42 Å². The maximum Gasteiger partial charge on any atom is 0.167 e. The molecule has 0 spiro atoms. The van der Waals surface area contributed by atoms with E-state index in [-0.39, 0.29) is 5.78 Å². The first-order valence-electron chi connectivity index (χ1n) is 6.34. The molecule has 20 heavy (non-hydrogen) atoms. The number of Topliss-reactive ketones (excluding diaryl/α,β-unsaturated/α-hetero) is 1. The van der Waals surface area contributed by atoms with Crippen LogP contribution in [0.1, 0.15) is 15.9 Å². The number of hydrogen-bond acceptors (Lipinski definition) is 2. The van der Waals surface area contributed by atoms with Crippen molar-refractivity contribution in [2.75, 3.05) is 0 Å². The van der Waals surface area contributed by atoms with Crippen molar-refractivity contribution < 1.29 is 4.79 Å². The molecule has 0 atom stereocenters. The summed E-state index contributed by atoms with van der Waals surface area (Å²) < 4.78 is 0.890. The van der Waals surface area contributed by atoms with Gasteiger partial charge in [0.25, 0.3) is 0 Å². The average molecular weight is 326 g/mol. The predicted molar refractivity (Wildman–Crippen MR) is 83.9 cm³/mol. The van der Waals surface area contributed by atoms with Crippen molar-refractivity contribution in [3.63, 3.8) is 0 Å². The van der Waals surface area contributed by atoms with Gasteiger partial charge in [-0.15, -0.1) is 0 Å². The summed E-state index contributed by atoms with van der Waals surface area (Å²) in [5.41, 5.74) is 1.68. The predicted octanol–water partition coefficient (Wildman–Crippen LogP) is 4.42. The van der Waals surface area contributed by atoms with Gasteiger partial charge in [0.15, 0.2) is 5.78 Å². The Morgan fingerprint density at radius 2 is 1.85 bits per heavy atom. The van der Waals surface area contributed by atoms with E-state index in [0.29, 0.717) is 6.42 Å². The number of halogens is 1. The van der Waals surface area contributed by atoms with E-state index in [9.17, 15) is 4.79 Å². The first-order valence-corrected chi connectivity index (χ1v) is 7.14.